The number of benzene rings is 2. The van der Waals surface area contributed by atoms with E-state index < -0.39 is 20.0 Å². The van der Waals surface area contributed by atoms with E-state index in [1.54, 1.807) is 29.8 Å². The van der Waals surface area contributed by atoms with Crippen LogP contribution in [0.5, 0.6) is 0 Å². The number of aromatic nitrogens is 2. The minimum absolute atomic E-state index is 0.252. The van der Waals surface area contributed by atoms with Gasteiger partial charge in [0.1, 0.15) is 6.17 Å². The Morgan fingerprint density at radius 2 is 2.05 bits per heavy atom. The molecule has 0 fully saturated rings. The van der Waals surface area contributed by atoms with Crippen molar-refractivity contribution in [3.63, 3.8) is 0 Å². The van der Waals surface area contributed by atoms with Gasteiger partial charge in [0.15, 0.2) is 0 Å². The zero-order valence-electron chi connectivity index (χ0n) is 18.4. The first-order valence-electron chi connectivity index (χ1n) is 10.2. The van der Waals surface area contributed by atoms with Gasteiger partial charge in [-0.15, -0.1) is 0 Å². The highest BCUT2D eigenvalue weighted by Crippen LogP contribution is 2.37. The molecule has 2 heterocycles. The van der Waals surface area contributed by atoms with E-state index in [0.29, 0.717) is 17.0 Å². The number of anilines is 2. The molecule has 3 aromatic rings. The Kier molecular flexibility index (Phi) is 1.68. The van der Waals surface area contributed by atoms with Crippen LogP contribution >= 0.6 is 0 Å². The zero-order valence-corrected chi connectivity index (χ0v) is 12.4. The number of para-hydroxylation sites is 2. The van der Waals surface area contributed by atoms with Gasteiger partial charge in [-0.25, -0.2) is 9.66 Å². The van der Waals surface area contributed by atoms with Crippen molar-refractivity contribution in [1.82, 2.24) is 9.66 Å². The molecule has 4 heteroatoms. The van der Waals surface area contributed by atoms with Gasteiger partial charge >= 0.3 is 0 Å². The number of hydrogen-bond donors (Lipinski definition) is 0. The van der Waals surface area contributed by atoms with Crippen molar-refractivity contribution in [2.24, 2.45) is 0 Å². The maximum Gasteiger partial charge on any atom is 0.232 e. The van der Waals surface area contributed by atoms with E-state index in [1.807, 2.05) is 36.1 Å². The normalized spacial score (nSPS) is 22.5. The first-order chi connectivity index (χ1) is 13.0. The molecule has 0 amide bonds. The van der Waals surface area contributed by atoms with Crippen molar-refractivity contribution in [3.05, 3.63) is 53.6 Å². The van der Waals surface area contributed by atoms with E-state index in [-0.39, 0.29) is 5.56 Å². The van der Waals surface area contributed by atoms with Crippen LogP contribution in [-0.4, -0.2) is 22.8 Å². The Bertz CT molecular complexity index is 1050. The number of hydrogen-bond acceptors (Lipinski definition) is 3. The second kappa shape index (κ2) is 4.50. The Labute approximate surface area is 139 Å². The fourth-order valence-corrected chi connectivity index (χ4v) is 3.05. The third-order valence-electron chi connectivity index (χ3n) is 4.13. The summed E-state index contributed by atoms with van der Waals surface area (Å²) < 4.78 is 48.6. The number of nitrogens with zero attached hydrogens (tertiary/aromatic N) is 4. The topological polar surface area (TPSA) is 24.3 Å². The lowest BCUT2D eigenvalue weighted by Gasteiger charge is -2.27. The van der Waals surface area contributed by atoms with E-state index in [1.165, 1.54) is 5.01 Å². The summed E-state index contributed by atoms with van der Waals surface area (Å²) in [4.78, 5) is 6.50. The van der Waals surface area contributed by atoms with E-state index in [9.17, 15) is 0 Å². The Hall–Kier alpha value is -2.49. The fourth-order valence-electron chi connectivity index (χ4n) is 3.05. The summed E-state index contributed by atoms with van der Waals surface area (Å²) in [5.74, 6) is 0.495. The lowest BCUT2D eigenvalue weighted by molar-refractivity contribution is 0.633. The SMILES string of the molecule is [2H]C([2H])([2H])c1ccc(N2c3nc4ccccc4n3N(C([2H])([2H])[2H])[C@@H]2C)c(C)c1. The molecule has 2 aromatic carbocycles. The molecule has 0 bridgehead atoms. The molecule has 1 aliphatic rings. The molecule has 0 saturated carbocycles. The highest BCUT2D eigenvalue weighted by Gasteiger charge is 2.35. The summed E-state index contributed by atoms with van der Waals surface area (Å²) in [7, 11) is 0. The van der Waals surface area contributed by atoms with Crippen molar-refractivity contribution >= 4 is 22.7 Å². The molecule has 112 valence electrons. The fraction of sp³-hybridized carbons (Fsp3) is 0.278. The van der Waals surface area contributed by atoms with Crippen LogP contribution in [-0.2, 0) is 0 Å². The highest BCUT2D eigenvalue weighted by molar-refractivity contribution is 5.82. The summed E-state index contributed by atoms with van der Waals surface area (Å²) in [5, 5.41) is 1.33. The van der Waals surface area contributed by atoms with Gasteiger partial charge in [-0.05, 0) is 44.5 Å². The van der Waals surface area contributed by atoms with Crippen molar-refractivity contribution in [1.29, 1.82) is 0 Å². The average molecular weight is 298 g/mol. The Balaban J connectivity index is 1.92. The summed E-state index contributed by atoms with van der Waals surface area (Å²) in [6.07, 6.45) is -0.531. The van der Waals surface area contributed by atoms with Crippen molar-refractivity contribution in [3.8, 4) is 0 Å². The van der Waals surface area contributed by atoms with Crippen molar-refractivity contribution in [2.45, 2.75) is 26.9 Å². The quantitative estimate of drug-likeness (QED) is 0.684. The predicted molar refractivity (Wildman–Crippen MR) is 91.4 cm³/mol. The number of rotatable bonds is 1. The highest BCUT2D eigenvalue weighted by atomic mass is 15.7. The molecule has 4 rings (SSSR count). The molecule has 0 unspecified atom stereocenters. The molecule has 0 spiro atoms. The van der Waals surface area contributed by atoms with Crippen LogP contribution in [0.1, 0.15) is 26.3 Å². The standard InChI is InChI=1S/C18H20N4/c1-12-9-10-16(13(2)11-12)21-14(3)20(4)22-17-8-6-5-7-15(17)19-18(21)22/h5-11,14H,1-4H3/t14-/m0/s1/i1D3,4D3. The number of fused-ring (bicyclic) bond motifs is 3. The largest absolute Gasteiger partial charge is 0.290 e. The number of imidazole rings is 1. The van der Waals surface area contributed by atoms with Crippen LogP contribution in [0.25, 0.3) is 11.0 Å². The first-order valence-corrected chi connectivity index (χ1v) is 7.17. The molecule has 1 atom stereocenters. The van der Waals surface area contributed by atoms with Gasteiger partial charge in [0.05, 0.1) is 11.0 Å². The molecule has 0 aliphatic carbocycles. The maximum absolute atomic E-state index is 8.04. The van der Waals surface area contributed by atoms with Crippen molar-refractivity contribution < 1.29 is 8.22 Å². The summed E-state index contributed by atoms with van der Waals surface area (Å²) in [5.41, 5.74) is 3.12. The van der Waals surface area contributed by atoms with Crippen LogP contribution in [0.3, 0.4) is 0 Å². The van der Waals surface area contributed by atoms with Gasteiger partial charge in [0.25, 0.3) is 0 Å². The predicted octanol–water partition coefficient (Wildman–Crippen LogP) is 3.72. The third kappa shape index (κ3) is 1.67. The van der Waals surface area contributed by atoms with Gasteiger partial charge in [-0.2, -0.15) is 0 Å². The number of aryl methyl sites for hydroxylation is 2. The summed E-state index contributed by atoms with van der Waals surface area (Å²) in [6, 6.07) is 12.3. The van der Waals surface area contributed by atoms with Crippen LogP contribution in [0.2, 0.25) is 0 Å². The maximum atomic E-state index is 8.04. The summed E-state index contributed by atoms with van der Waals surface area (Å²) in [6.45, 7) is -0.952. The molecule has 22 heavy (non-hydrogen) atoms. The van der Waals surface area contributed by atoms with Gasteiger partial charge in [0, 0.05) is 20.9 Å². The van der Waals surface area contributed by atoms with Crippen LogP contribution in [0.15, 0.2) is 42.5 Å². The smallest absolute Gasteiger partial charge is 0.232 e. The van der Waals surface area contributed by atoms with Crippen LogP contribution in [0.4, 0.5) is 11.6 Å². The van der Waals surface area contributed by atoms with Gasteiger partial charge in [-0.3, -0.25) is 9.91 Å². The average Bonchev–Trinajstić information content (AvgIpc) is 3.07. The minimum Gasteiger partial charge on any atom is -0.290 e. The van der Waals surface area contributed by atoms with E-state index in [4.69, 9.17) is 8.22 Å². The molecular formula is C18H20N4. The molecular weight excluding hydrogens is 272 g/mol. The summed E-state index contributed by atoms with van der Waals surface area (Å²) >= 11 is 0. The minimum atomic E-state index is -2.38. The molecule has 0 N–H and O–H groups in total. The monoisotopic (exact) mass is 298 g/mol. The van der Waals surface area contributed by atoms with Crippen LogP contribution < -0.4 is 9.91 Å². The van der Waals surface area contributed by atoms with Crippen molar-refractivity contribution in [2.75, 3.05) is 16.9 Å². The van der Waals surface area contributed by atoms with Crippen LogP contribution in [0, 0.1) is 13.8 Å². The van der Waals surface area contributed by atoms with Gasteiger partial charge < -0.3 is 0 Å². The second-order valence-electron chi connectivity index (χ2n) is 5.56. The lowest BCUT2D eigenvalue weighted by atomic mass is 10.1. The van der Waals surface area contributed by atoms with E-state index >= 15 is 0 Å². The third-order valence-corrected chi connectivity index (χ3v) is 4.13. The van der Waals surface area contributed by atoms with E-state index in [0.717, 1.165) is 11.3 Å². The first kappa shape index (κ1) is 8.22. The van der Waals surface area contributed by atoms with Gasteiger partial charge in [-0.1, -0.05) is 29.8 Å². The Morgan fingerprint density at radius 1 is 1.18 bits per heavy atom. The molecule has 1 aliphatic heterocycles. The molecule has 0 radical (unpaired) electrons. The molecule has 4 nitrogen and oxygen atoms in total. The lowest BCUT2D eigenvalue weighted by Crippen LogP contribution is -2.39. The molecule has 0 saturated heterocycles. The molecule has 1 aromatic heterocycles. The zero-order chi connectivity index (χ0) is 20.4. The second-order valence-corrected chi connectivity index (χ2v) is 5.56. The van der Waals surface area contributed by atoms with E-state index in [2.05, 4.69) is 4.98 Å². The van der Waals surface area contributed by atoms with Gasteiger partial charge in [0.2, 0.25) is 5.95 Å². The Morgan fingerprint density at radius 3 is 2.82 bits per heavy atom.